The number of carbonyl (C=O) groups is 1. The molecule has 0 saturated carbocycles. The lowest BCUT2D eigenvalue weighted by molar-refractivity contribution is -0.0490. The number of benzene rings is 2. The van der Waals surface area contributed by atoms with Crippen molar-refractivity contribution < 1.29 is 69.6 Å². The van der Waals surface area contributed by atoms with E-state index in [2.05, 4.69) is 12.6 Å². The largest absolute Gasteiger partial charge is 0.499 e. The van der Waals surface area contributed by atoms with Crippen LogP contribution in [0.5, 0.6) is 0 Å². The zero-order chi connectivity index (χ0) is 30.8. The maximum Gasteiger partial charge on any atom is 0.499 e. The highest BCUT2D eigenvalue weighted by molar-refractivity contribution is 8.24. The lowest BCUT2D eigenvalue weighted by atomic mass is 10.2. The molecule has 0 aliphatic carbocycles. The number of halogens is 9. The molecule has 0 aromatic heterocycles. The first-order valence-corrected chi connectivity index (χ1v) is 15.2. The number of hydrogen-bond acceptors (Lipinski definition) is 9. The first kappa shape index (κ1) is 35.1. The molecule has 2 aromatic rings. The molecule has 0 heterocycles. The Hall–Kier alpha value is -1.97. The van der Waals surface area contributed by atoms with E-state index in [4.69, 9.17) is 0 Å². The van der Waals surface area contributed by atoms with Gasteiger partial charge < -0.3 is 0 Å². The summed E-state index contributed by atoms with van der Waals surface area (Å²) >= 11 is 5.92. The van der Waals surface area contributed by atoms with Gasteiger partial charge in [-0.15, -0.1) is 12.6 Å². The van der Waals surface area contributed by atoms with E-state index in [9.17, 15) is 69.6 Å². The summed E-state index contributed by atoms with van der Waals surface area (Å²) in [7, 11) is -23.8. The average molecular weight is 673 g/mol. The van der Waals surface area contributed by atoms with Crippen molar-refractivity contribution in [2.45, 2.75) is 42.0 Å². The van der Waals surface area contributed by atoms with Crippen LogP contribution >= 0.6 is 24.4 Å². The lowest BCUT2D eigenvalue weighted by Gasteiger charge is -2.21. The first-order chi connectivity index (χ1) is 17.3. The van der Waals surface area contributed by atoms with Gasteiger partial charge in [0.1, 0.15) is 0 Å². The molecule has 0 atom stereocenters. The molecule has 0 saturated heterocycles. The van der Waals surface area contributed by atoms with E-state index in [1.165, 1.54) is 4.90 Å². The molecule has 0 aliphatic rings. The van der Waals surface area contributed by atoms with Crippen LogP contribution in [0.25, 0.3) is 0 Å². The molecule has 21 heteroatoms. The predicted molar refractivity (Wildman–Crippen MR) is 123 cm³/mol. The highest BCUT2D eigenvalue weighted by Gasteiger charge is 2.73. The highest BCUT2D eigenvalue weighted by atomic mass is 32.3. The van der Waals surface area contributed by atoms with Gasteiger partial charge >= 0.3 is 16.5 Å². The molecule has 2 aromatic carbocycles. The molecular formula is C18H13F9O7S5. The zero-order valence-corrected chi connectivity index (χ0v) is 22.7. The van der Waals surface area contributed by atoms with Crippen LogP contribution in [-0.4, -0.2) is 51.5 Å². The maximum absolute atomic E-state index is 12.1. The van der Waals surface area contributed by atoms with Crippen molar-refractivity contribution in [3.8, 4) is 0 Å². The number of Topliss-reactive ketones (excluding diaryl/α,β-unsaturated/α-hetero) is 1. The number of thiol groups is 1. The van der Waals surface area contributed by atoms with E-state index >= 15 is 0 Å². The van der Waals surface area contributed by atoms with Gasteiger partial charge in [-0.05, 0) is 43.3 Å². The van der Waals surface area contributed by atoms with Crippen LogP contribution in [0.3, 0.4) is 0 Å². The van der Waals surface area contributed by atoms with Crippen molar-refractivity contribution in [2.24, 2.45) is 0 Å². The fourth-order valence-electron chi connectivity index (χ4n) is 2.24. The van der Waals surface area contributed by atoms with Crippen LogP contribution in [0.1, 0.15) is 17.3 Å². The van der Waals surface area contributed by atoms with Gasteiger partial charge in [0.2, 0.25) is 0 Å². The van der Waals surface area contributed by atoms with Crippen molar-refractivity contribution in [3.05, 3.63) is 54.1 Å². The van der Waals surface area contributed by atoms with Gasteiger partial charge in [-0.2, -0.15) is 39.5 Å². The Labute approximate surface area is 224 Å². The molecule has 39 heavy (non-hydrogen) atoms. The van der Waals surface area contributed by atoms with Gasteiger partial charge in [-0.3, -0.25) is 4.79 Å². The van der Waals surface area contributed by atoms with Crippen molar-refractivity contribution in [3.63, 3.8) is 0 Å². The van der Waals surface area contributed by atoms with Crippen LogP contribution in [0.4, 0.5) is 39.5 Å². The fraction of sp³-hybridized carbons (Fsp3) is 0.278. The Kier molecular flexibility index (Phi) is 10.7. The van der Waals surface area contributed by atoms with E-state index in [0.29, 0.717) is 0 Å². The van der Waals surface area contributed by atoms with Gasteiger partial charge in [-0.25, -0.2) is 25.3 Å². The third-order valence-electron chi connectivity index (χ3n) is 4.06. The van der Waals surface area contributed by atoms with Crippen LogP contribution in [0, 0.1) is 0 Å². The van der Waals surface area contributed by atoms with E-state index in [0.717, 1.165) is 15.4 Å². The molecule has 2 rings (SSSR count). The second kappa shape index (κ2) is 11.9. The summed E-state index contributed by atoms with van der Waals surface area (Å²) < 4.78 is 167. The molecule has 0 N–H and O–H groups in total. The number of rotatable bonds is 6. The third-order valence-corrected chi connectivity index (χ3v) is 13.4. The first-order valence-electron chi connectivity index (χ1n) is 9.25. The maximum atomic E-state index is 12.1. The zero-order valence-electron chi connectivity index (χ0n) is 18.5. The van der Waals surface area contributed by atoms with Crippen LogP contribution in [0.15, 0.2) is 63.2 Å². The molecule has 0 unspecified atom stereocenters. The molecule has 0 bridgehead atoms. The highest BCUT2D eigenvalue weighted by Crippen LogP contribution is 2.43. The van der Waals surface area contributed by atoms with Crippen LogP contribution < -0.4 is 0 Å². The van der Waals surface area contributed by atoms with Gasteiger partial charge in [0, 0.05) is 20.2 Å². The second-order valence-electron chi connectivity index (χ2n) is 6.94. The molecule has 0 spiro atoms. The Morgan fingerprint density at radius 3 is 1.18 bits per heavy atom. The minimum Gasteiger partial charge on any atom is -0.295 e. The van der Waals surface area contributed by atoms with Crippen molar-refractivity contribution in [1.29, 1.82) is 0 Å². The van der Waals surface area contributed by atoms with Crippen LogP contribution in [-0.2, 0) is 29.5 Å². The Balaban J connectivity index is 0.000000400. The summed E-state index contributed by atoms with van der Waals surface area (Å²) in [4.78, 5) is 14.4. The van der Waals surface area contributed by atoms with E-state index in [-0.39, 0.29) is 5.78 Å². The minimum absolute atomic E-state index is 0.0981. The SMILES string of the molecule is CC(=O)c1ccc(Sc2ccc(S)cc2)cc1.O=S(=O)(C(S(=O)(=O)C(F)(F)F)S(=O)(=O)C(F)(F)F)C(F)(F)F. The lowest BCUT2D eigenvalue weighted by Crippen LogP contribution is -2.52. The van der Waals surface area contributed by atoms with Crippen molar-refractivity contribution in [1.82, 2.24) is 0 Å². The summed E-state index contributed by atoms with van der Waals surface area (Å²) in [6.07, 6.45) is 0. The molecule has 0 radical (unpaired) electrons. The van der Waals surface area contributed by atoms with Crippen molar-refractivity contribution >= 4 is 59.7 Å². The number of carbonyl (C=O) groups excluding carboxylic acids is 1. The molecular weight excluding hydrogens is 660 g/mol. The summed E-state index contributed by atoms with van der Waals surface area (Å²) in [6, 6.07) is 15.7. The standard InChI is InChI=1S/C14H12OS2.C4HF9O6S3/c1-10(15)11-2-6-13(7-3-11)17-14-8-4-12(16)5-9-14;5-2(6,7)20(14,15)1(21(16,17)3(8,9)10)22(18,19)4(11,12)13/h2-9,16H,1H3;1H. The smallest absolute Gasteiger partial charge is 0.295 e. The van der Waals surface area contributed by atoms with Gasteiger partial charge in [-0.1, -0.05) is 23.9 Å². The predicted octanol–water partition coefficient (Wildman–Crippen LogP) is 5.40. The van der Waals surface area contributed by atoms with Gasteiger partial charge in [0.15, 0.2) is 5.78 Å². The third kappa shape index (κ3) is 8.27. The molecule has 220 valence electrons. The summed E-state index contributed by atoms with van der Waals surface area (Å²) in [5, 5.41) is 0. The molecule has 0 fully saturated rings. The Morgan fingerprint density at radius 1 is 0.641 bits per heavy atom. The monoisotopic (exact) mass is 672 g/mol. The van der Waals surface area contributed by atoms with Crippen LogP contribution in [0.2, 0.25) is 0 Å². The normalized spacial score (nSPS) is 13.5. The fourth-order valence-corrected chi connectivity index (χ4v) is 9.82. The van der Waals surface area contributed by atoms with Gasteiger partial charge in [0.25, 0.3) is 33.4 Å². The second-order valence-corrected chi connectivity index (χ2v) is 15.6. The molecule has 0 aliphatic heterocycles. The number of sulfone groups is 3. The Bertz CT molecular complexity index is 1390. The summed E-state index contributed by atoms with van der Waals surface area (Å²) in [5.41, 5.74) is -20.3. The number of hydrogen-bond donors (Lipinski definition) is 1. The molecule has 7 nitrogen and oxygen atoms in total. The quantitative estimate of drug-likeness (QED) is 0.246. The van der Waals surface area contributed by atoms with E-state index in [1.54, 1.807) is 18.7 Å². The molecule has 0 amide bonds. The topological polar surface area (TPSA) is 119 Å². The average Bonchev–Trinajstić information content (AvgIpc) is 2.73. The number of ketones is 1. The summed E-state index contributed by atoms with van der Waals surface area (Å²) in [6.45, 7) is 1.58. The number of alkyl halides is 9. The Morgan fingerprint density at radius 2 is 0.923 bits per heavy atom. The summed E-state index contributed by atoms with van der Waals surface area (Å²) in [5.74, 6) is 0.0981. The van der Waals surface area contributed by atoms with E-state index < -0.39 is 50.0 Å². The van der Waals surface area contributed by atoms with E-state index in [1.807, 2.05) is 48.5 Å². The van der Waals surface area contributed by atoms with Gasteiger partial charge in [0.05, 0.1) is 0 Å². The van der Waals surface area contributed by atoms with Crippen molar-refractivity contribution in [2.75, 3.05) is 0 Å². The minimum atomic E-state index is -7.94.